The third-order valence-electron chi connectivity index (χ3n) is 4.67. The molecule has 0 fully saturated rings. The fraction of sp³-hybridized carbons (Fsp3) is 0.143. The number of rotatable bonds is 1. The Morgan fingerprint density at radius 1 is 0.636 bits per heavy atom. The molecule has 1 heteroatoms. The van der Waals surface area contributed by atoms with Gasteiger partial charge in [-0.1, -0.05) is 74.5 Å². The van der Waals surface area contributed by atoms with Gasteiger partial charge >= 0.3 is 0 Å². The first-order valence-corrected chi connectivity index (χ1v) is 7.73. The normalized spacial score (nSPS) is 14.6. The largest absolute Gasteiger partial charge is 0.355 e. The average molecular weight is 285 g/mol. The lowest BCUT2D eigenvalue weighted by Crippen LogP contribution is -2.25. The molecule has 0 unspecified atom stereocenters. The van der Waals surface area contributed by atoms with Gasteiger partial charge in [0.15, 0.2) is 0 Å². The lowest BCUT2D eigenvalue weighted by Gasteiger charge is -2.36. The smallest absolute Gasteiger partial charge is 0.0432 e. The fourth-order valence-electron chi connectivity index (χ4n) is 3.43. The van der Waals surface area contributed by atoms with E-state index in [1.165, 1.54) is 33.6 Å². The molecule has 0 atom stereocenters. The van der Waals surface area contributed by atoms with E-state index in [1.807, 2.05) is 0 Å². The molecule has 4 rings (SSSR count). The van der Waals surface area contributed by atoms with Gasteiger partial charge in [0.25, 0.3) is 0 Å². The molecule has 1 N–H and O–H groups in total. The van der Waals surface area contributed by atoms with E-state index in [0.717, 1.165) is 0 Å². The maximum Gasteiger partial charge on any atom is 0.0432 e. The lowest BCUT2D eigenvalue weighted by atomic mass is 9.74. The SMILES string of the molecule is CC1(C)c2ccccc2Nc2cc(-c3ccccc3)ccc21. The van der Waals surface area contributed by atoms with E-state index in [0.29, 0.717) is 0 Å². The standard InChI is InChI=1S/C21H19N/c1-21(2)17-10-6-7-11-19(17)22-20-14-16(12-13-18(20)21)15-8-4-3-5-9-15/h3-14,22H,1-2H3. The molecule has 3 aromatic rings. The van der Waals surface area contributed by atoms with Crippen LogP contribution in [0.1, 0.15) is 25.0 Å². The van der Waals surface area contributed by atoms with Crippen molar-refractivity contribution in [3.05, 3.63) is 83.9 Å². The highest BCUT2D eigenvalue weighted by atomic mass is 14.9. The first-order chi connectivity index (χ1) is 10.7. The van der Waals surface area contributed by atoms with Crippen LogP contribution in [0.25, 0.3) is 11.1 Å². The number of para-hydroxylation sites is 1. The van der Waals surface area contributed by atoms with Crippen molar-refractivity contribution in [3.8, 4) is 11.1 Å². The quantitative estimate of drug-likeness (QED) is 0.601. The van der Waals surface area contributed by atoms with Crippen LogP contribution >= 0.6 is 0 Å². The highest BCUT2D eigenvalue weighted by molar-refractivity contribution is 5.79. The van der Waals surface area contributed by atoms with Crippen molar-refractivity contribution in [1.82, 2.24) is 0 Å². The van der Waals surface area contributed by atoms with Crippen molar-refractivity contribution in [2.24, 2.45) is 0 Å². The summed E-state index contributed by atoms with van der Waals surface area (Å²) < 4.78 is 0. The minimum Gasteiger partial charge on any atom is -0.355 e. The average Bonchev–Trinajstić information content (AvgIpc) is 2.55. The van der Waals surface area contributed by atoms with E-state index in [9.17, 15) is 0 Å². The maximum absolute atomic E-state index is 3.61. The van der Waals surface area contributed by atoms with Crippen LogP contribution in [0.2, 0.25) is 0 Å². The molecule has 0 aromatic heterocycles. The van der Waals surface area contributed by atoms with E-state index < -0.39 is 0 Å². The number of nitrogens with one attached hydrogen (secondary N) is 1. The van der Waals surface area contributed by atoms with Crippen LogP contribution in [0.3, 0.4) is 0 Å². The van der Waals surface area contributed by atoms with Gasteiger partial charge < -0.3 is 5.32 Å². The summed E-state index contributed by atoms with van der Waals surface area (Å²) in [7, 11) is 0. The maximum atomic E-state index is 3.61. The monoisotopic (exact) mass is 285 g/mol. The van der Waals surface area contributed by atoms with Gasteiger partial charge in [0.05, 0.1) is 0 Å². The van der Waals surface area contributed by atoms with E-state index in [4.69, 9.17) is 0 Å². The summed E-state index contributed by atoms with van der Waals surface area (Å²) >= 11 is 0. The first-order valence-electron chi connectivity index (χ1n) is 7.73. The molecule has 1 nitrogen and oxygen atoms in total. The molecule has 22 heavy (non-hydrogen) atoms. The van der Waals surface area contributed by atoms with Crippen molar-refractivity contribution in [1.29, 1.82) is 0 Å². The number of benzene rings is 3. The summed E-state index contributed by atoms with van der Waals surface area (Å²) in [5, 5.41) is 3.61. The molecule has 0 radical (unpaired) electrons. The fourth-order valence-corrected chi connectivity index (χ4v) is 3.43. The molecule has 1 aliphatic rings. The molecule has 108 valence electrons. The topological polar surface area (TPSA) is 12.0 Å². The molecule has 1 aliphatic heterocycles. The van der Waals surface area contributed by atoms with E-state index in [1.54, 1.807) is 0 Å². The summed E-state index contributed by atoms with van der Waals surface area (Å²) in [5.41, 5.74) is 7.66. The van der Waals surface area contributed by atoms with Gasteiger partial charge in [-0.05, 0) is 34.4 Å². The molecule has 0 saturated carbocycles. The summed E-state index contributed by atoms with van der Waals surface area (Å²) in [6, 6.07) is 25.9. The summed E-state index contributed by atoms with van der Waals surface area (Å²) in [4.78, 5) is 0. The molecular weight excluding hydrogens is 266 g/mol. The van der Waals surface area contributed by atoms with Gasteiger partial charge in [-0.25, -0.2) is 0 Å². The first kappa shape index (κ1) is 13.1. The Bertz CT molecular complexity index is 832. The zero-order chi connectivity index (χ0) is 15.2. The van der Waals surface area contributed by atoms with Crippen molar-refractivity contribution < 1.29 is 0 Å². The zero-order valence-electron chi connectivity index (χ0n) is 12.9. The predicted octanol–water partition coefficient (Wildman–Crippen LogP) is 5.74. The Kier molecular flexibility index (Phi) is 2.83. The summed E-state index contributed by atoms with van der Waals surface area (Å²) in [6.07, 6.45) is 0. The minimum absolute atomic E-state index is 0.0202. The zero-order valence-corrected chi connectivity index (χ0v) is 12.9. The molecule has 0 aliphatic carbocycles. The van der Waals surface area contributed by atoms with E-state index >= 15 is 0 Å². The Labute approximate surface area is 131 Å². The van der Waals surface area contributed by atoms with Gasteiger partial charge in [-0.2, -0.15) is 0 Å². The second-order valence-corrected chi connectivity index (χ2v) is 6.42. The van der Waals surface area contributed by atoms with Crippen molar-refractivity contribution in [2.45, 2.75) is 19.3 Å². The third-order valence-corrected chi connectivity index (χ3v) is 4.67. The van der Waals surface area contributed by atoms with Crippen molar-refractivity contribution in [2.75, 3.05) is 5.32 Å². The van der Waals surface area contributed by atoms with Gasteiger partial charge in [-0.3, -0.25) is 0 Å². The number of hydrogen-bond donors (Lipinski definition) is 1. The molecular formula is C21H19N. The molecule has 0 bridgehead atoms. The highest BCUT2D eigenvalue weighted by Crippen LogP contribution is 2.46. The van der Waals surface area contributed by atoms with Gasteiger partial charge in [0.2, 0.25) is 0 Å². The Morgan fingerprint density at radius 3 is 2.14 bits per heavy atom. The van der Waals surface area contributed by atoms with Crippen LogP contribution in [-0.4, -0.2) is 0 Å². The van der Waals surface area contributed by atoms with Crippen LogP contribution in [0, 0.1) is 0 Å². The Balaban J connectivity index is 1.87. The third kappa shape index (κ3) is 1.93. The molecule has 0 amide bonds. The highest BCUT2D eigenvalue weighted by Gasteiger charge is 2.32. The van der Waals surface area contributed by atoms with Crippen molar-refractivity contribution >= 4 is 11.4 Å². The van der Waals surface area contributed by atoms with Crippen molar-refractivity contribution in [3.63, 3.8) is 0 Å². The van der Waals surface area contributed by atoms with Crippen LogP contribution in [0.4, 0.5) is 11.4 Å². The van der Waals surface area contributed by atoms with Gasteiger partial charge in [0.1, 0.15) is 0 Å². The molecule has 1 heterocycles. The molecule has 3 aromatic carbocycles. The molecule has 0 spiro atoms. The Morgan fingerprint density at radius 2 is 1.32 bits per heavy atom. The number of hydrogen-bond acceptors (Lipinski definition) is 1. The van der Waals surface area contributed by atoms with Crippen LogP contribution in [-0.2, 0) is 5.41 Å². The van der Waals surface area contributed by atoms with E-state index in [2.05, 4.69) is 92.0 Å². The Hall–Kier alpha value is -2.54. The van der Waals surface area contributed by atoms with Gasteiger partial charge in [-0.15, -0.1) is 0 Å². The molecule has 0 saturated heterocycles. The predicted molar refractivity (Wildman–Crippen MR) is 93.7 cm³/mol. The second kappa shape index (κ2) is 4.74. The van der Waals surface area contributed by atoms with Crippen LogP contribution in [0.5, 0.6) is 0 Å². The second-order valence-electron chi connectivity index (χ2n) is 6.42. The minimum atomic E-state index is 0.0202. The number of anilines is 2. The lowest BCUT2D eigenvalue weighted by molar-refractivity contribution is 0.638. The van der Waals surface area contributed by atoms with Crippen LogP contribution < -0.4 is 5.32 Å². The summed E-state index contributed by atoms with van der Waals surface area (Å²) in [5.74, 6) is 0. The number of fused-ring (bicyclic) bond motifs is 2. The summed E-state index contributed by atoms with van der Waals surface area (Å²) in [6.45, 7) is 4.60. The van der Waals surface area contributed by atoms with Gasteiger partial charge in [0, 0.05) is 16.8 Å². The van der Waals surface area contributed by atoms with E-state index in [-0.39, 0.29) is 5.41 Å². The van der Waals surface area contributed by atoms with Crippen LogP contribution in [0.15, 0.2) is 72.8 Å².